The number of fused-ring (bicyclic) bond motifs is 3. The van der Waals surface area contributed by atoms with E-state index < -0.39 is 17.6 Å². The zero-order valence-electron chi connectivity index (χ0n) is 22.5. The molecule has 2 aliphatic carbocycles. The van der Waals surface area contributed by atoms with Crippen molar-refractivity contribution in [3.63, 3.8) is 0 Å². The fraction of sp³-hybridized carbons (Fsp3) is 0.704. The van der Waals surface area contributed by atoms with Gasteiger partial charge < -0.3 is 25.2 Å². The number of primary amides is 1. The molecule has 10 nitrogen and oxygen atoms in total. The van der Waals surface area contributed by atoms with Crippen molar-refractivity contribution < 1.29 is 24.2 Å². The van der Waals surface area contributed by atoms with Crippen molar-refractivity contribution >= 4 is 33.6 Å². The number of hydrogen-bond donors (Lipinski definition) is 2. The predicted octanol–water partition coefficient (Wildman–Crippen LogP) is 3.20. The summed E-state index contributed by atoms with van der Waals surface area (Å²) in [6, 6.07) is 0.492. The number of aromatic nitrogens is 2. The van der Waals surface area contributed by atoms with E-state index in [1.807, 2.05) is 25.7 Å². The summed E-state index contributed by atoms with van der Waals surface area (Å²) in [5.74, 6) is -0.0270. The van der Waals surface area contributed by atoms with Gasteiger partial charge >= 0.3 is 6.09 Å². The number of thiophene rings is 1. The second-order valence-corrected chi connectivity index (χ2v) is 12.8. The second-order valence-electron chi connectivity index (χ2n) is 11.7. The summed E-state index contributed by atoms with van der Waals surface area (Å²) in [4.78, 5) is 39.3. The van der Waals surface area contributed by atoms with Crippen LogP contribution < -0.4 is 10.5 Å². The maximum Gasteiger partial charge on any atom is 0.410 e. The van der Waals surface area contributed by atoms with Gasteiger partial charge in [0.25, 0.3) is 0 Å². The summed E-state index contributed by atoms with van der Waals surface area (Å²) in [5.41, 5.74) is 5.97. The minimum Gasteiger partial charge on any atom is -0.474 e. The van der Waals surface area contributed by atoms with Gasteiger partial charge in [-0.1, -0.05) is 0 Å². The molecule has 0 aromatic carbocycles. The highest BCUT2D eigenvalue weighted by Gasteiger charge is 2.35. The molecule has 1 aliphatic heterocycles. The van der Waals surface area contributed by atoms with Crippen molar-refractivity contribution in [2.24, 2.45) is 5.73 Å². The number of hydrogen-bond acceptors (Lipinski definition) is 9. The zero-order chi connectivity index (χ0) is 27.0. The van der Waals surface area contributed by atoms with Crippen molar-refractivity contribution in [3.05, 3.63) is 16.8 Å². The maximum atomic E-state index is 12.4. The lowest BCUT2D eigenvalue weighted by atomic mass is 9.91. The summed E-state index contributed by atoms with van der Waals surface area (Å²) < 4.78 is 12.0. The van der Waals surface area contributed by atoms with Gasteiger partial charge in [0.15, 0.2) is 0 Å². The van der Waals surface area contributed by atoms with Gasteiger partial charge in [-0.3, -0.25) is 9.69 Å². The average molecular weight is 546 g/mol. The monoisotopic (exact) mass is 545 g/mol. The molecular weight excluding hydrogens is 506 g/mol. The summed E-state index contributed by atoms with van der Waals surface area (Å²) in [5, 5.41) is 11.0. The first-order valence-corrected chi connectivity index (χ1v) is 14.5. The van der Waals surface area contributed by atoms with Crippen LogP contribution in [0.15, 0.2) is 6.33 Å². The number of nitrogens with two attached hydrogens (primary N) is 1. The number of carbonyl (C=O) groups excluding carboxylic acids is 2. The first kappa shape index (κ1) is 27.1. The molecule has 0 bridgehead atoms. The van der Waals surface area contributed by atoms with Crippen molar-refractivity contribution in [2.45, 2.75) is 95.5 Å². The Balaban J connectivity index is 1.18. The van der Waals surface area contributed by atoms with E-state index in [4.69, 9.17) is 15.2 Å². The van der Waals surface area contributed by atoms with Gasteiger partial charge in [0.1, 0.15) is 29.0 Å². The molecule has 2 atom stereocenters. The Labute approximate surface area is 227 Å². The Morgan fingerprint density at radius 3 is 2.50 bits per heavy atom. The lowest BCUT2D eigenvalue weighted by molar-refractivity contribution is -0.126. The third kappa shape index (κ3) is 5.89. The number of carbonyl (C=O) groups is 2. The highest BCUT2D eigenvalue weighted by Crippen LogP contribution is 2.47. The third-order valence-electron chi connectivity index (χ3n) is 7.94. The number of aliphatic hydroxyl groups is 1. The smallest absolute Gasteiger partial charge is 0.410 e. The molecule has 3 N–H and O–H groups in total. The number of amides is 2. The fourth-order valence-corrected chi connectivity index (χ4v) is 7.26. The van der Waals surface area contributed by atoms with Crippen LogP contribution in [0.5, 0.6) is 5.88 Å². The number of rotatable bonds is 6. The number of nitrogens with zero attached hydrogens (tertiary/aromatic N) is 4. The standard InChI is InChI=1S/C27H39N5O5S/c1-27(2,3)37-26(35)32-12-10-31(11-13-32)17-5-7-18(8-6-17)36-24-22-21-16(14-19(33)23(28)34)4-9-20(21)38-25(22)30-15-29-24/h15-19,33H,4-14H2,1-3H3,(H2,28,34)/t16-,17?,18?,19+/m1/s1. The molecule has 2 fully saturated rings. The lowest BCUT2D eigenvalue weighted by Crippen LogP contribution is -2.53. The van der Waals surface area contributed by atoms with Crippen LogP contribution in [0, 0.1) is 0 Å². The summed E-state index contributed by atoms with van der Waals surface area (Å²) in [6.45, 7) is 8.80. The fourth-order valence-electron chi connectivity index (χ4n) is 6.03. The van der Waals surface area contributed by atoms with E-state index in [2.05, 4.69) is 14.9 Å². The minimum absolute atomic E-state index is 0.0460. The predicted molar refractivity (Wildman–Crippen MR) is 144 cm³/mol. The van der Waals surface area contributed by atoms with Crippen molar-refractivity contribution in [1.82, 2.24) is 19.8 Å². The maximum absolute atomic E-state index is 12.4. The number of piperazine rings is 1. The van der Waals surface area contributed by atoms with Gasteiger partial charge in [-0.05, 0) is 77.2 Å². The van der Waals surface area contributed by atoms with Crippen molar-refractivity contribution in [3.8, 4) is 5.88 Å². The SMILES string of the molecule is CC(C)(C)OC(=O)N1CCN(C2CCC(Oc3ncnc4sc5c(c34)[C@@H](C[C@H](O)C(N)=O)CC5)CC2)CC1. The van der Waals surface area contributed by atoms with E-state index in [-0.39, 0.29) is 18.1 Å². The van der Waals surface area contributed by atoms with Crippen molar-refractivity contribution in [2.75, 3.05) is 26.2 Å². The van der Waals surface area contributed by atoms with Crippen LogP contribution in [0.1, 0.15) is 75.7 Å². The van der Waals surface area contributed by atoms with Crippen LogP contribution in [-0.4, -0.2) is 86.9 Å². The van der Waals surface area contributed by atoms with Crippen molar-refractivity contribution in [1.29, 1.82) is 0 Å². The van der Waals surface area contributed by atoms with E-state index in [0.29, 0.717) is 31.4 Å². The molecule has 3 heterocycles. The average Bonchev–Trinajstić information content (AvgIpc) is 3.43. The number of ether oxygens (including phenoxy) is 2. The number of aliphatic hydroxyl groups excluding tert-OH is 1. The van der Waals surface area contributed by atoms with Gasteiger partial charge in [0, 0.05) is 37.1 Å². The Kier molecular flexibility index (Phi) is 7.79. The first-order valence-electron chi connectivity index (χ1n) is 13.7. The van der Waals surface area contributed by atoms with Crippen LogP contribution in [0.2, 0.25) is 0 Å². The Hall–Kier alpha value is -2.50. The van der Waals surface area contributed by atoms with E-state index in [1.165, 1.54) is 4.88 Å². The van der Waals surface area contributed by atoms with E-state index >= 15 is 0 Å². The largest absolute Gasteiger partial charge is 0.474 e. The Morgan fingerprint density at radius 2 is 1.84 bits per heavy atom. The molecule has 0 unspecified atom stereocenters. The zero-order valence-corrected chi connectivity index (χ0v) is 23.3. The normalized spacial score (nSPS) is 25.3. The van der Waals surface area contributed by atoms with Crippen LogP contribution in [0.3, 0.4) is 0 Å². The van der Waals surface area contributed by atoms with E-state index in [0.717, 1.165) is 67.4 Å². The highest BCUT2D eigenvalue weighted by atomic mass is 32.1. The van der Waals surface area contributed by atoms with Gasteiger partial charge in [-0.2, -0.15) is 0 Å². The van der Waals surface area contributed by atoms with Gasteiger partial charge in [-0.25, -0.2) is 14.8 Å². The topological polar surface area (TPSA) is 131 Å². The lowest BCUT2D eigenvalue weighted by Gasteiger charge is -2.42. The summed E-state index contributed by atoms with van der Waals surface area (Å²) in [6.07, 6.45) is 6.33. The molecule has 1 saturated heterocycles. The molecule has 2 aromatic rings. The Morgan fingerprint density at radius 1 is 1.13 bits per heavy atom. The van der Waals surface area contributed by atoms with E-state index in [1.54, 1.807) is 17.7 Å². The molecule has 38 heavy (non-hydrogen) atoms. The van der Waals surface area contributed by atoms with Gasteiger partial charge in [-0.15, -0.1) is 11.3 Å². The molecule has 2 amide bonds. The molecule has 0 radical (unpaired) electrons. The molecule has 1 saturated carbocycles. The second kappa shape index (κ2) is 10.9. The molecule has 0 spiro atoms. The van der Waals surface area contributed by atoms with Crippen LogP contribution in [0.4, 0.5) is 4.79 Å². The van der Waals surface area contributed by atoms with Gasteiger partial charge in [0.05, 0.1) is 5.39 Å². The van der Waals surface area contributed by atoms with Crippen LogP contribution in [-0.2, 0) is 16.0 Å². The molecule has 208 valence electrons. The molecule has 2 aromatic heterocycles. The molecule has 5 rings (SSSR count). The molecule has 3 aliphatic rings. The molecular formula is C27H39N5O5S. The minimum atomic E-state index is -1.16. The van der Waals surface area contributed by atoms with Crippen LogP contribution in [0.25, 0.3) is 10.2 Å². The number of aryl methyl sites for hydroxylation is 1. The summed E-state index contributed by atoms with van der Waals surface area (Å²) >= 11 is 1.65. The quantitative estimate of drug-likeness (QED) is 0.566. The third-order valence-corrected chi connectivity index (χ3v) is 9.11. The summed E-state index contributed by atoms with van der Waals surface area (Å²) in [7, 11) is 0. The van der Waals surface area contributed by atoms with Crippen LogP contribution >= 0.6 is 11.3 Å². The molecule has 11 heteroatoms. The first-order chi connectivity index (χ1) is 18.1. The highest BCUT2D eigenvalue weighted by molar-refractivity contribution is 7.19. The van der Waals surface area contributed by atoms with Gasteiger partial charge in [0.2, 0.25) is 11.8 Å². The Bertz CT molecular complexity index is 1160. The van der Waals surface area contributed by atoms with E-state index in [9.17, 15) is 14.7 Å².